The van der Waals surface area contributed by atoms with Crippen LogP contribution in [0.2, 0.25) is 0 Å². The summed E-state index contributed by atoms with van der Waals surface area (Å²) >= 11 is 0. The van der Waals surface area contributed by atoms with Crippen molar-refractivity contribution in [3.05, 3.63) is 47.0 Å². The van der Waals surface area contributed by atoms with Crippen LogP contribution in [0.1, 0.15) is 37.5 Å². The van der Waals surface area contributed by atoms with E-state index in [0.29, 0.717) is 0 Å². The Morgan fingerprint density at radius 2 is 1.45 bits per heavy atom. The maximum Gasteiger partial charge on any atom is 0.158 e. The van der Waals surface area contributed by atoms with Gasteiger partial charge in [-0.3, -0.25) is 0 Å². The second kappa shape index (κ2) is 6.00. The summed E-state index contributed by atoms with van der Waals surface area (Å²) in [5.41, 5.74) is 6.26. The van der Waals surface area contributed by atoms with Gasteiger partial charge in [0.05, 0.1) is 0 Å². The van der Waals surface area contributed by atoms with Crippen molar-refractivity contribution in [2.45, 2.75) is 40.0 Å². The molecule has 0 saturated heterocycles. The number of phenolic OH excluding ortho intramolecular Hbond substituents is 2. The van der Waals surface area contributed by atoms with Gasteiger partial charge in [0, 0.05) is 0 Å². The molecule has 20 heavy (non-hydrogen) atoms. The summed E-state index contributed by atoms with van der Waals surface area (Å²) in [5, 5.41) is 19.2. The predicted octanol–water partition coefficient (Wildman–Crippen LogP) is 4.45. The first kappa shape index (κ1) is 14.4. The average molecular weight is 270 g/mol. The lowest BCUT2D eigenvalue weighted by Gasteiger charge is -2.17. The van der Waals surface area contributed by atoms with Crippen molar-refractivity contribution in [1.29, 1.82) is 0 Å². The zero-order chi connectivity index (χ0) is 14.7. The van der Waals surface area contributed by atoms with Gasteiger partial charge in [0.25, 0.3) is 0 Å². The predicted molar refractivity (Wildman–Crippen MR) is 83.3 cm³/mol. The Hall–Kier alpha value is -1.96. The fraction of sp³-hybridized carbons (Fsp3) is 0.333. The van der Waals surface area contributed by atoms with E-state index in [-0.39, 0.29) is 11.5 Å². The Bertz CT molecular complexity index is 615. The van der Waals surface area contributed by atoms with E-state index in [1.54, 1.807) is 12.1 Å². The fourth-order valence-corrected chi connectivity index (χ4v) is 2.88. The molecular weight excluding hydrogens is 248 g/mol. The molecule has 0 fully saturated rings. The largest absolute Gasteiger partial charge is 0.504 e. The van der Waals surface area contributed by atoms with E-state index >= 15 is 0 Å². The average Bonchev–Trinajstić information content (AvgIpc) is 2.48. The van der Waals surface area contributed by atoms with Gasteiger partial charge in [-0.2, -0.15) is 0 Å². The molecule has 0 aromatic heterocycles. The minimum Gasteiger partial charge on any atom is -0.504 e. The van der Waals surface area contributed by atoms with Crippen molar-refractivity contribution in [3.8, 4) is 22.6 Å². The standard InChI is InChI=1S/C18H22O2/c1-4-12-7-9-16(15(6-3)14(12)5-2)13-8-10-17(19)18(20)11-13/h7-11,19-20H,4-6H2,1-3H3. The summed E-state index contributed by atoms with van der Waals surface area (Å²) in [6.07, 6.45) is 3.02. The van der Waals surface area contributed by atoms with Gasteiger partial charge in [-0.05, 0) is 59.2 Å². The third-order valence-corrected chi connectivity index (χ3v) is 3.90. The van der Waals surface area contributed by atoms with Gasteiger partial charge in [0.2, 0.25) is 0 Å². The summed E-state index contributed by atoms with van der Waals surface area (Å²) in [6.45, 7) is 6.53. The van der Waals surface area contributed by atoms with Crippen LogP contribution < -0.4 is 0 Å². The highest BCUT2D eigenvalue weighted by atomic mass is 16.3. The number of aryl methyl sites for hydroxylation is 1. The first-order valence-corrected chi connectivity index (χ1v) is 7.28. The van der Waals surface area contributed by atoms with Gasteiger partial charge in [-0.15, -0.1) is 0 Å². The summed E-state index contributed by atoms with van der Waals surface area (Å²) in [7, 11) is 0. The number of hydrogen-bond donors (Lipinski definition) is 2. The van der Waals surface area contributed by atoms with Crippen LogP contribution in [0.25, 0.3) is 11.1 Å². The van der Waals surface area contributed by atoms with Crippen LogP contribution in [0.4, 0.5) is 0 Å². The van der Waals surface area contributed by atoms with Crippen LogP contribution in [0.5, 0.6) is 11.5 Å². The lowest BCUT2D eigenvalue weighted by atomic mass is 9.88. The summed E-state index contributed by atoms with van der Waals surface area (Å²) in [5.74, 6) is -0.144. The Morgan fingerprint density at radius 3 is 2.00 bits per heavy atom. The van der Waals surface area contributed by atoms with Crippen LogP contribution in [0.15, 0.2) is 30.3 Å². The number of phenols is 2. The molecule has 0 unspecified atom stereocenters. The van der Waals surface area contributed by atoms with Crippen LogP contribution in [0.3, 0.4) is 0 Å². The first-order chi connectivity index (χ1) is 9.62. The lowest BCUT2D eigenvalue weighted by Crippen LogP contribution is -2.00. The number of aromatic hydroxyl groups is 2. The van der Waals surface area contributed by atoms with Crippen molar-refractivity contribution < 1.29 is 10.2 Å². The van der Waals surface area contributed by atoms with E-state index in [4.69, 9.17) is 0 Å². The third-order valence-electron chi connectivity index (χ3n) is 3.90. The normalized spacial score (nSPS) is 10.8. The van der Waals surface area contributed by atoms with Crippen LogP contribution in [-0.4, -0.2) is 10.2 Å². The molecule has 0 aliphatic carbocycles. The smallest absolute Gasteiger partial charge is 0.158 e. The molecule has 0 heterocycles. The zero-order valence-corrected chi connectivity index (χ0v) is 12.4. The Morgan fingerprint density at radius 1 is 0.750 bits per heavy atom. The lowest BCUT2D eigenvalue weighted by molar-refractivity contribution is 0.404. The van der Waals surface area contributed by atoms with Gasteiger partial charge >= 0.3 is 0 Å². The highest BCUT2D eigenvalue weighted by molar-refractivity contribution is 5.72. The molecule has 0 atom stereocenters. The van der Waals surface area contributed by atoms with E-state index in [2.05, 4.69) is 32.9 Å². The molecule has 0 aliphatic heterocycles. The molecule has 2 aromatic carbocycles. The van der Waals surface area contributed by atoms with Crippen molar-refractivity contribution in [2.24, 2.45) is 0 Å². The minimum atomic E-state index is -0.0762. The molecule has 0 amide bonds. The minimum absolute atomic E-state index is 0.0674. The quantitative estimate of drug-likeness (QED) is 0.806. The molecule has 0 bridgehead atoms. The fourth-order valence-electron chi connectivity index (χ4n) is 2.88. The molecule has 2 rings (SSSR count). The summed E-state index contributed by atoms with van der Waals surface area (Å²) in [4.78, 5) is 0. The SMILES string of the molecule is CCc1ccc(-c2ccc(O)c(O)c2)c(CC)c1CC. The molecule has 0 radical (unpaired) electrons. The molecule has 2 nitrogen and oxygen atoms in total. The first-order valence-electron chi connectivity index (χ1n) is 7.28. The highest BCUT2D eigenvalue weighted by Crippen LogP contribution is 2.34. The van der Waals surface area contributed by atoms with E-state index in [1.165, 1.54) is 16.7 Å². The monoisotopic (exact) mass is 270 g/mol. The Kier molecular flexibility index (Phi) is 4.33. The van der Waals surface area contributed by atoms with E-state index < -0.39 is 0 Å². The van der Waals surface area contributed by atoms with Crippen LogP contribution >= 0.6 is 0 Å². The number of benzene rings is 2. The van der Waals surface area contributed by atoms with E-state index in [1.807, 2.05) is 6.07 Å². The number of rotatable bonds is 4. The Labute approximate surface area is 120 Å². The third kappa shape index (κ3) is 2.51. The summed E-state index contributed by atoms with van der Waals surface area (Å²) in [6, 6.07) is 9.34. The second-order valence-corrected chi connectivity index (χ2v) is 4.99. The topological polar surface area (TPSA) is 40.5 Å². The molecule has 0 aliphatic rings. The molecule has 2 N–H and O–H groups in total. The van der Waals surface area contributed by atoms with Crippen molar-refractivity contribution >= 4 is 0 Å². The van der Waals surface area contributed by atoms with Crippen molar-refractivity contribution in [2.75, 3.05) is 0 Å². The van der Waals surface area contributed by atoms with Gasteiger partial charge < -0.3 is 10.2 Å². The maximum absolute atomic E-state index is 9.70. The van der Waals surface area contributed by atoms with Crippen LogP contribution in [0, 0.1) is 0 Å². The van der Waals surface area contributed by atoms with Gasteiger partial charge in [0.1, 0.15) is 0 Å². The molecule has 2 aromatic rings. The van der Waals surface area contributed by atoms with Gasteiger partial charge in [0.15, 0.2) is 11.5 Å². The van der Waals surface area contributed by atoms with Crippen molar-refractivity contribution in [1.82, 2.24) is 0 Å². The Balaban J connectivity index is 2.64. The van der Waals surface area contributed by atoms with Crippen LogP contribution in [-0.2, 0) is 19.3 Å². The molecule has 0 saturated carbocycles. The van der Waals surface area contributed by atoms with E-state index in [0.717, 1.165) is 30.4 Å². The second-order valence-electron chi connectivity index (χ2n) is 4.99. The summed E-state index contributed by atoms with van der Waals surface area (Å²) < 4.78 is 0. The molecular formula is C18H22O2. The molecule has 2 heteroatoms. The highest BCUT2D eigenvalue weighted by Gasteiger charge is 2.12. The van der Waals surface area contributed by atoms with E-state index in [9.17, 15) is 10.2 Å². The van der Waals surface area contributed by atoms with Gasteiger partial charge in [-0.25, -0.2) is 0 Å². The maximum atomic E-state index is 9.70. The molecule has 106 valence electrons. The zero-order valence-electron chi connectivity index (χ0n) is 12.4. The van der Waals surface area contributed by atoms with Crippen molar-refractivity contribution in [3.63, 3.8) is 0 Å². The molecule has 0 spiro atoms. The van der Waals surface area contributed by atoms with Gasteiger partial charge in [-0.1, -0.05) is 39.0 Å². The number of hydrogen-bond acceptors (Lipinski definition) is 2.